The van der Waals surface area contributed by atoms with Gasteiger partial charge < -0.3 is 4.42 Å². The summed E-state index contributed by atoms with van der Waals surface area (Å²) < 4.78 is 18.3. The number of rotatable bonds is 3. The quantitative estimate of drug-likeness (QED) is 0.725. The third-order valence-corrected chi connectivity index (χ3v) is 3.17. The van der Waals surface area contributed by atoms with Crippen LogP contribution in [-0.4, -0.2) is 16.8 Å². The Morgan fingerprint density at radius 2 is 1.71 bits per heavy atom. The molecular weight excluding hydrogens is 313 g/mol. The molecule has 0 saturated carbocycles. The van der Waals surface area contributed by atoms with Crippen LogP contribution in [0.3, 0.4) is 0 Å². The molecule has 0 unspecified atom stereocenters. The minimum absolute atomic E-state index is 0.0146. The fourth-order valence-electron chi connectivity index (χ4n) is 1.97. The zero-order valence-corrected chi connectivity index (χ0v) is 12.3. The van der Waals surface area contributed by atoms with Crippen LogP contribution in [0.2, 0.25) is 0 Å². The minimum atomic E-state index is -0.611. The van der Waals surface area contributed by atoms with E-state index < -0.39 is 11.8 Å². The first-order valence-electron chi connectivity index (χ1n) is 7.00. The Morgan fingerprint density at radius 3 is 2.42 bits per heavy atom. The van der Waals surface area contributed by atoms with E-state index in [9.17, 15) is 14.0 Å². The molecule has 0 aliphatic carbocycles. The van der Waals surface area contributed by atoms with Gasteiger partial charge in [-0.05, 0) is 48.5 Å². The first-order chi connectivity index (χ1) is 11.6. The number of hydrogen-bond acceptors (Lipinski definition) is 4. The molecule has 3 aromatic rings. The van der Waals surface area contributed by atoms with Gasteiger partial charge >= 0.3 is 5.91 Å². The number of hydrazine groups is 1. The SMILES string of the molecule is O=C(NNC(=O)c1ccc(-c2ccc(F)cc2)o1)c1cccnc1. The van der Waals surface area contributed by atoms with Crippen molar-refractivity contribution in [2.24, 2.45) is 0 Å². The maximum atomic E-state index is 12.9. The van der Waals surface area contributed by atoms with Crippen LogP contribution in [0.5, 0.6) is 0 Å². The molecule has 120 valence electrons. The fourth-order valence-corrected chi connectivity index (χ4v) is 1.97. The smallest absolute Gasteiger partial charge is 0.305 e. The maximum Gasteiger partial charge on any atom is 0.305 e. The molecule has 0 fully saturated rings. The van der Waals surface area contributed by atoms with E-state index in [0.29, 0.717) is 16.9 Å². The second-order valence-corrected chi connectivity index (χ2v) is 4.82. The molecule has 2 heterocycles. The third-order valence-electron chi connectivity index (χ3n) is 3.17. The van der Waals surface area contributed by atoms with Crippen molar-refractivity contribution in [2.45, 2.75) is 0 Å². The summed E-state index contributed by atoms with van der Waals surface area (Å²) in [5, 5.41) is 0. The van der Waals surface area contributed by atoms with Crippen molar-refractivity contribution in [2.75, 3.05) is 0 Å². The van der Waals surface area contributed by atoms with Gasteiger partial charge in [-0.2, -0.15) is 0 Å². The summed E-state index contributed by atoms with van der Waals surface area (Å²) in [4.78, 5) is 27.6. The molecule has 0 radical (unpaired) electrons. The Hall–Kier alpha value is -3.48. The second kappa shape index (κ2) is 6.74. The van der Waals surface area contributed by atoms with E-state index in [1.807, 2.05) is 0 Å². The van der Waals surface area contributed by atoms with Crippen LogP contribution in [0, 0.1) is 5.82 Å². The largest absolute Gasteiger partial charge is 0.451 e. The maximum absolute atomic E-state index is 12.9. The van der Waals surface area contributed by atoms with Crippen molar-refractivity contribution in [3.8, 4) is 11.3 Å². The van der Waals surface area contributed by atoms with Gasteiger partial charge in [0.25, 0.3) is 5.91 Å². The number of hydrogen-bond donors (Lipinski definition) is 2. The number of aromatic nitrogens is 1. The zero-order valence-electron chi connectivity index (χ0n) is 12.3. The van der Waals surface area contributed by atoms with Gasteiger partial charge in [-0.25, -0.2) is 4.39 Å². The van der Waals surface area contributed by atoms with E-state index in [-0.39, 0.29) is 11.6 Å². The lowest BCUT2D eigenvalue weighted by molar-refractivity contribution is 0.0831. The van der Waals surface area contributed by atoms with Crippen LogP contribution in [-0.2, 0) is 0 Å². The molecule has 0 atom stereocenters. The lowest BCUT2D eigenvalue weighted by atomic mass is 10.2. The fraction of sp³-hybridized carbons (Fsp3) is 0. The predicted octanol–water partition coefficient (Wildman–Crippen LogP) is 2.56. The Balaban J connectivity index is 1.64. The molecule has 0 spiro atoms. The van der Waals surface area contributed by atoms with Gasteiger partial charge in [0, 0.05) is 18.0 Å². The Morgan fingerprint density at radius 1 is 0.958 bits per heavy atom. The molecule has 2 amide bonds. The molecule has 3 rings (SSSR count). The average Bonchev–Trinajstić information content (AvgIpc) is 3.11. The van der Waals surface area contributed by atoms with Crippen LogP contribution in [0.15, 0.2) is 65.3 Å². The van der Waals surface area contributed by atoms with Gasteiger partial charge in [0.15, 0.2) is 5.76 Å². The topological polar surface area (TPSA) is 84.2 Å². The van der Waals surface area contributed by atoms with Crippen molar-refractivity contribution in [3.63, 3.8) is 0 Å². The van der Waals surface area contributed by atoms with Gasteiger partial charge in [-0.3, -0.25) is 25.4 Å². The first-order valence-corrected chi connectivity index (χ1v) is 7.00. The standard InChI is InChI=1S/C17H12FN3O3/c18-13-5-3-11(4-6-13)14-7-8-15(24-14)17(23)21-20-16(22)12-2-1-9-19-10-12/h1-10H,(H,20,22)(H,21,23). The molecule has 0 bridgehead atoms. The number of carbonyl (C=O) groups is 2. The summed E-state index contributed by atoms with van der Waals surface area (Å²) in [5.41, 5.74) is 5.46. The highest BCUT2D eigenvalue weighted by Crippen LogP contribution is 2.22. The van der Waals surface area contributed by atoms with E-state index >= 15 is 0 Å². The first kappa shape index (κ1) is 15.4. The van der Waals surface area contributed by atoms with Gasteiger partial charge in [0.05, 0.1) is 5.56 Å². The highest BCUT2D eigenvalue weighted by Gasteiger charge is 2.13. The molecule has 0 aliphatic rings. The van der Waals surface area contributed by atoms with Gasteiger partial charge in [-0.15, -0.1) is 0 Å². The van der Waals surface area contributed by atoms with E-state index in [1.54, 1.807) is 30.3 Å². The highest BCUT2D eigenvalue weighted by molar-refractivity contribution is 5.97. The lowest BCUT2D eigenvalue weighted by Gasteiger charge is -2.05. The molecule has 24 heavy (non-hydrogen) atoms. The lowest BCUT2D eigenvalue weighted by Crippen LogP contribution is -2.41. The van der Waals surface area contributed by atoms with Crippen LogP contribution >= 0.6 is 0 Å². The monoisotopic (exact) mass is 325 g/mol. The molecule has 6 nitrogen and oxygen atoms in total. The third kappa shape index (κ3) is 3.46. The summed E-state index contributed by atoms with van der Waals surface area (Å²) in [6, 6.07) is 11.9. The number of carbonyl (C=O) groups excluding carboxylic acids is 2. The number of pyridine rings is 1. The van der Waals surface area contributed by atoms with E-state index in [2.05, 4.69) is 15.8 Å². The number of halogens is 1. The van der Waals surface area contributed by atoms with Crippen LogP contribution in [0.4, 0.5) is 4.39 Å². The molecule has 2 aromatic heterocycles. The second-order valence-electron chi connectivity index (χ2n) is 4.82. The number of nitrogens with one attached hydrogen (secondary N) is 2. The minimum Gasteiger partial charge on any atom is -0.451 e. The van der Waals surface area contributed by atoms with E-state index in [0.717, 1.165) is 0 Å². The summed E-state index contributed by atoms with van der Waals surface area (Å²) >= 11 is 0. The van der Waals surface area contributed by atoms with Crippen molar-refractivity contribution in [3.05, 3.63) is 78.1 Å². The summed E-state index contributed by atoms with van der Waals surface area (Å²) in [7, 11) is 0. The molecule has 0 saturated heterocycles. The number of benzene rings is 1. The van der Waals surface area contributed by atoms with Crippen LogP contribution in [0.1, 0.15) is 20.9 Å². The van der Waals surface area contributed by atoms with Crippen LogP contribution < -0.4 is 10.9 Å². The van der Waals surface area contributed by atoms with Crippen molar-refractivity contribution < 1.29 is 18.4 Å². The number of furan rings is 1. The Labute approximate surface area is 136 Å². The van der Waals surface area contributed by atoms with E-state index in [1.165, 1.54) is 30.6 Å². The van der Waals surface area contributed by atoms with Crippen molar-refractivity contribution in [1.82, 2.24) is 15.8 Å². The Bertz CT molecular complexity index is 860. The molecular formula is C17H12FN3O3. The number of amides is 2. The molecule has 2 N–H and O–H groups in total. The summed E-state index contributed by atoms with van der Waals surface area (Å²) in [5.74, 6) is -1.04. The van der Waals surface area contributed by atoms with Gasteiger partial charge in [0.2, 0.25) is 0 Å². The normalized spacial score (nSPS) is 10.2. The average molecular weight is 325 g/mol. The van der Waals surface area contributed by atoms with Crippen LogP contribution in [0.25, 0.3) is 11.3 Å². The molecule has 7 heteroatoms. The van der Waals surface area contributed by atoms with Crippen molar-refractivity contribution >= 4 is 11.8 Å². The summed E-state index contributed by atoms with van der Waals surface area (Å²) in [6.45, 7) is 0. The van der Waals surface area contributed by atoms with Crippen molar-refractivity contribution in [1.29, 1.82) is 0 Å². The Kier molecular flexibility index (Phi) is 4.33. The predicted molar refractivity (Wildman–Crippen MR) is 83.3 cm³/mol. The molecule has 1 aromatic carbocycles. The number of nitrogens with zero attached hydrogens (tertiary/aromatic N) is 1. The van der Waals surface area contributed by atoms with Gasteiger partial charge in [0.1, 0.15) is 11.6 Å². The van der Waals surface area contributed by atoms with Gasteiger partial charge in [-0.1, -0.05) is 0 Å². The molecule has 0 aliphatic heterocycles. The highest BCUT2D eigenvalue weighted by atomic mass is 19.1. The summed E-state index contributed by atoms with van der Waals surface area (Å²) in [6.07, 6.45) is 2.91. The van der Waals surface area contributed by atoms with E-state index in [4.69, 9.17) is 4.42 Å². The zero-order chi connectivity index (χ0) is 16.9.